The van der Waals surface area contributed by atoms with Gasteiger partial charge in [-0.25, -0.2) is 4.79 Å². The Labute approximate surface area is 118 Å². The van der Waals surface area contributed by atoms with Gasteiger partial charge in [0.05, 0.1) is 6.54 Å². The van der Waals surface area contributed by atoms with Crippen LogP contribution in [0.5, 0.6) is 0 Å². The highest BCUT2D eigenvalue weighted by molar-refractivity contribution is 6.13. The van der Waals surface area contributed by atoms with Crippen LogP contribution in [0.2, 0.25) is 0 Å². The highest BCUT2D eigenvalue weighted by atomic mass is 16.2. The Kier molecular flexibility index (Phi) is 3.61. The maximum absolute atomic E-state index is 11.7. The minimum Gasteiger partial charge on any atom is -0.277 e. The number of imide groups is 2. The quantitative estimate of drug-likeness (QED) is 0.838. The number of hydrogen-bond acceptors (Lipinski definition) is 3. The first-order valence-electron chi connectivity index (χ1n) is 6.51. The number of hydrogen-bond donors (Lipinski definition) is 1. The summed E-state index contributed by atoms with van der Waals surface area (Å²) < 4.78 is 0. The van der Waals surface area contributed by atoms with Crippen molar-refractivity contribution in [2.75, 3.05) is 0 Å². The predicted molar refractivity (Wildman–Crippen MR) is 73.8 cm³/mol. The molecule has 4 amide bonds. The van der Waals surface area contributed by atoms with Crippen molar-refractivity contribution in [3.63, 3.8) is 0 Å². The first-order chi connectivity index (χ1) is 9.27. The van der Waals surface area contributed by atoms with Gasteiger partial charge in [0.25, 0.3) is 0 Å². The summed E-state index contributed by atoms with van der Waals surface area (Å²) in [5, 5.41) is 2.14. The Balaban J connectivity index is 2.12. The van der Waals surface area contributed by atoms with Crippen molar-refractivity contribution in [1.82, 2.24) is 10.2 Å². The zero-order chi connectivity index (χ0) is 14.9. The van der Waals surface area contributed by atoms with Crippen molar-refractivity contribution in [3.8, 4) is 0 Å². The minimum atomic E-state index is -0.647. The molecule has 1 heterocycles. The summed E-state index contributed by atoms with van der Waals surface area (Å²) in [5.74, 6) is -1.00. The van der Waals surface area contributed by atoms with Crippen LogP contribution in [-0.2, 0) is 21.5 Å². The molecule has 1 aromatic rings. The van der Waals surface area contributed by atoms with Crippen LogP contribution >= 0.6 is 0 Å². The van der Waals surface area contributed by atoms with E-state index >= 15 is 0 Å². The maximum atomic E-state index is 11.7. The van der Waals surface area contributed by atoms with Crippen LogP contribution in [0.3, 0.4) is 0 Å². The lowest BCUT2D eigenvalue weighted by Gasteiger charge is -2.25. The van der Waals surface area contributed by atoms with Gasteiger partial charge in [0.15, 0.2) is 0 Å². The summed E-state index contributed by atoms with van der Waals surface area (Å²) in [6, 6.07) is 7.14. The van der Waals surface area contributed by atoms with Crippen molar-refractivity contribution < 1.29 is 14.4 Å². The largest absolute Gasteiger partial charge is 0.331 e. The van der Waals surface area contributed by atoms with Gasteiger partial charge in [-0.3, -0.25) is 19.8 Å². The van der Waals surface area contributed by atoms with Crippen molar-refractivity contribution in [3.05, 3.63) is 35.4 Å². The average molecular weight is 274 g/mol. The van der Waals surface area contributed by atoms with Gasteiger partial charge in [-0.15, -0.1) is 0 Å². The summed E-state index contributed by atoms with van der Waals surface area (Å²) in [7, 11) is 0. The molecule has 1 N–H and O–H groups in total. The van der Waals surface area contributed by atoms with Crippen LogP contribution in [0.1, 0.15) is 38.3 Å². The minimum absolute atomic E-state index is 0.0588. The van der Waals surface area contributed by atoms with E-state index in [1.54, 1.807) is 0 Å². The third-order valence-electron chi connectivity index (χ3n) is 3.26. The predicted octanol–water partition coefficient (Wildman–Crippen LogP) is 1.95. The van der Waals surface area contributed by atoms with Gasteiger partial charge in [-0.05, 0) is 16.5 Å². The number of nitrogens with one attached hydrogen (secondary N) is 1. The molecule has 5 nitrogen and oxygen atoms in total. The summed E-state index contributed by atoms with van der Waals surface area (Å²) in [5.41, 5.74) is 2.10. The molecule has 20 heavy (non-hydrogen) atoms. The van der Waals surface area contributed by atoms with Gasteiger partial charge in [0, 0.05) is 0 Å². The van der Waals surface area contributed by atoms with E-state index in [0.29, 0.717) is 0 Å². The lowest BCUT2D eigenvalue weighted by molar-refractivity contribution is -0.136. The Hall–Kier alpha value is -2.17. The number of carbonyl (C=O) groups is 3. The number of urea groups is 1. The van der Waals surface area contributed by atoms with Crippen LogP contribution in [0, 0.1) is 0 Å². The van der Waals surface area contributed by atoms with E-state index in [9.17, 15) is 14.4 Å². The molecule has 1 fully saturated rings. The Morgan fingerprint density at radius 2 is 1.70 bits per heavy atom. The summed E-state index contributed by atoms with van der Waals surface area (Å²) >= 11 is 0. The standard InChI is InChI=1S/C15H18N2O3/c1-15(2,3)11-6-4-10(5-7-11)9-17-13(19)8-12(18)16-14(17)20/h4-7H,8-9H2,1-3H3,(H,16,18,20). The lowest BCUT2D eigenvalue weighted by atomic mass is 9.87. The summed E-state index contributed by atoms with van der Waals surface area (Å²) in [6.07, 6.45) is -0.272. The molecule has 0 saturated carbocycles. The fourth-order valence-corrected chi connectivity index (χ4v) is 2.03. The van der Waals surface area contributed by atoms with Crippen LogP contribution in [0.4, 0.5) is 4.79 Å². The highest BCUT2D eigenvalue weighted by Gasteiger charge is 2.30. The van der Waals surface area contributed by atoms with Crippen molar-refractivity contribution >= 4 is 17.8 Å². The van der Waals surface area contributed by atoms with Gasteiger partial charge in [0.2, 0.25) is 11.8 Å². The third kappa shape index (κ3) is 3.04. The van der Waals surface area contributed by atoms with E-state index in [0.717, 1.165) is 10.5 Å². The number of amides is 4. The molecule has 0 spiro atoms. The van der Waals surface area contributed by atoms with E-state index in [4.69, 9.17) is 0 Å². The molecule has 1 aliphatic heterocycles. The van der Waals surface area contributed by atoms with Crippen molar-refractivity contribution in [2.24, 2.45) is 0 Å². The third-order valence-corrected chi connectivity index (χ3v) is 3.26. The first kappa shape index (κ1) is 14.2. The maximum Gasteiger partial charge on any atom is 0.331 e. The zero-order valence-corrected chi connectivity index (χ0v) is 11.9. The summed E-state index contributed by atoms with van der Waals surface area (Å²) in [6.45, 7) is 6.54. The number of nitrogens with zero attached hydrogens (tertiary/aromatic N) is 1. The molecule has 1 saturated heterocycles. The number of benzene rings is 1. The van der Waals surface area contributed by atoms with E-state index in [1.165, 1.54) is 5.56 Å². The summed E-state index contributed by atoms with van der Waals surface area (Å²) in [4.78, 5) is 35.4. The monoisotopic (exact) mass is 274 g/mol. The molecule has 0 radical (unpaired) electrons. The second kappa shape index (κ2) is 5.07. The van der Waals surface area contributed by atoms with E-state index in [1.807, 2.05) is 24.3 Å². The van der Waals surface area contributed by atoms with Crippen molar-refractivity contribution in [1.29, 1.82) is 0 Å². The Bertz CT molecular complexity index is 535. The first-order valence-corrected chi connectivity index (χ1v) is 6.51. The van der Waals surface area contributed by atoms with Gasteiger partial charge in [-0.1, -0.05) is 45.0 Å². The number of barbiturate groups is 1. The molecule has 106 valence electrons. The topological polar surface area (TPSA) is 66.5 Å². The Morgan fingerprint density at radius 3 is 2.20 bits per heavy atom. The highest BCUT2D eigenvalue weighted by Crippen LogP contribution is 2.22. The van der Waals surface area contributed by atoms with Crippen LogP contribution in [0.15, 0.2) is 24.3 Å². The molecule has 0 aromatic heterocycles. The van der Waals surface area contributed by atoms with E-state index < -0.39 is 17.8 Å². The molecule has 0 aliphatic carbocycles. The molecule has 0 atom stereocenters. The molecule has 0 bridgehead atoms. The Morgan fingerprint density at radius 1 is 1.10 bits per heavy atom. The zero-order valence-electron chi connectivity index (χ0n) is 11.9. The van der Waals surface area contributed by atoms with Crippen LogP contribution in [-0.4, -0.2) is 22.7 Å². The number of rotatable bonds is 2. The van der Waals surface area contributed by atoms with E-state index in [-0.39, 0.29) is 18.4 Å². The molecule has 0 unspecified atom stereocenters. The molecule has 1 aromatic carbocycles. The van der Waals surface area contributed by atoms with Gasteiger partial charge < -0.3 is 0 Å². The van der Waals surface area contributed by atoms with E-state index in [2.05, 4.69) is 26.1 Å². The molecule has 1 aliphatic rings. The number of carbonyl (C=O) groups excluding carboxylic acids is 3. The second-order valence-electron chi connectivity index (χ2n) is 5.96. The second-order valence-corrected chi connectivity index (χ2v) is 5.96. The smallest absolute Gasteiger partial charge is 0.277 e. The lowest BCUT2D eigenvalue weighted by Crippen LogP contribution is -2.52. The van der Waals surface area contributed by atoms with Gasteiger partial charge in [-0.2, -0.15) is 0 Å². The van der Waals surface area contributed by atoms with Gasteiger partial charge in [0.1, 0.15) is 6.42 Å². The normalized spacial score (nSPS) is 16.4. The fraction of sp³-hybridized carbons (Fsp3) is 0.400. The molecule has 2 rings (SSSR count). The molecular weight excluding hydrogens is 256 g/mol. The van der Waals surface area contributed by atoms with Crippen LogP contribution < -0.4 is 5.32 Å². The fourth-order valence-electron chi connectivity index (χ4n) is 2.03. The van der Waals surface area contributed by atoms with Crippen LogP contribution in [0.25, 0.3) is 0 Å². The molecular formula is C15H18N2O3. The SMILES string of the molecule is CC(C)(C)c1ccc(CN2C(=O)CC(=O)NC2=O)cc1. The van der Waals surface area contributed by atoms with Crippen molar-refractivity contribution in [2.45, 2.75) is 39.2 Å². The average Bonchev–Trinajstić information content (AvgIpc) is 2.33. The van der Waals surface area contributed by atoms with Gasteiger partial charge >= 0.3 is 6.03 Å². The molecule has 5 heteroatoms.